The van der Waals surface area contributed by atoms with Gasteiger partial charge in [0.15, 0.2) is 11.5 Å². The van der Waals surface area contributed by atoms with E-state index in [9.17, 15) is 4.79 Å². The van der Waals surface area contributed by atoms with Gasteiger partial charge in [0.1, 0.15) is 13.2 Å². The molecule has 1 amide bonds. The minimum atomic E-state index is -0.195. The number of methoxy groups -OCH3 is 1. The Balaban J connectivity index is 1.75. The summed E-state index contributed by atoms with van der Waals surface area (Å²) in [6.07, 6.45) is 1.94. The number of nitrogens with one attached hydrogen (secondary N) is 1. The molecule has 0 bridgehead atoms. The summed E-state index contributed by atoms with van der Waals surface area (Å²) in [7, 11) is 1.62. The molecule has 0 radical (unpaired) electrons. The summed E-state index contributed by atoms with van der Waals surface area (Å²) < 4.78 is 22.0. The number of hydrogen-bond acceptors (Lipinski definition) is 5. The van der Waals surface area contributed by atoms with Crippen molar-refractivity contribution >= 4 is 5.91 Å². The van der Waals surface area contributed by atoms with Crippen LogP contribution in [0.25, 0.3) is 0 Å². The highest BCUT2D eigenvalue weighted by molar-refractivity contribution is 5.98. The quantitative estimate of drug-likeness (QED) is 0.890. The second-order valence-corrected chi connectivity index (χ2v) is 5.42. The molecule has 1 aromatic rings. The van der Waals surface area contributed by atoms with Crippen LogP contribution in [-0.4, -0.2) is 51.6 Å². The minimum absolute atomic E-state index is 0.000562. The molecule has 6 nitrogen and oxygen atoms in total. The van der Waals surface area contributed by atoms with Crippen molar-refractivity contribution in [2.45, 2.75) is 25.0 Å². The van der Waals surface area contributed by atoms with Crippen LogP contribution in [0.5, 0.6) is 11.5 Å². The van der Waals surface area contributed by atoms with E-state index >= 15 is 0 Å². The molecule has 1 N–H and O–H groups in total. The summed E-state index contributed by atoms with van der Waals surface area (Å²) in [6, 6.07) is 5.17. The van der Waals surface area contributed by atoms with Crippen molar-refractivity contribution in [2.75, 3.05) is 33.5 Å². The normalized spacial score (nSPS) is 21.4. The Morgan fingerprint density at radius 3 is 3.00 bits per heavy atom. The van der Waals surface area contributed by atoms with Gasteiger partial charge in [-0.05, 0) is 25.0 Å². The van der Waals surface area contributed by atoms with Crippen molar-refractivity contribution in [3.63, 3.8) is 0 Å². The Bertz CT molecular complexity index is 527. The summed E-state index contributed by atoms with van der Waals surface area (Å²) >= 11 is 0. The molecule has 0 unspecified atom stereocenters. The van der Waals surface area contributed by atoms with Crippen molar-refractivity contribution < 1.29 is 23.7 Å². The zero-order chi connectivity index (χ0) is 15.4. The summed E-state index contributed by atoms with van der Waals surface area (Å²) in [5.41, 5.74) is 0.483. The lowest BCUT2D eigenvalue weighted by Crippen LogP contribution is -2.46. The second kappa shape index (κ2) is 6.98. The molecule has 6 heteroatoms. The van der Waals surface area contributed by atoms with Gasteiger partial charge >= 0.3 is 0 Å². The number of fused-ring (bicyclic) bond motifs is 1. The Hall–Kier alpha value is -1.79. The molecule has 120 valence electrons. The minimum Gasteiger partial charge on any atom is -0.486 e. The third-order valence-electron chi connectivity index (χ3n) is 3.89. The van der Waals surface area contributed by atoms with Crippen LogP contribution >= 0.6 is 0 Å². The standard InChI is InChI=1S/C16H21NO5/c1-19-10-12(13-6-3-7-20-13)17-16(18)11-4-2-5-14-15(11)22-9-8-21-14/h2,4-5,12-13H,3,6-10H2,1H3,(H,17,18)/t12-,13+/m1/s1. The van der Waals surface area contributed by atoms with E-state index in [1.54, 1.807) is 25.3 Å². The van der Waals surface area contributed by atoms with Gasteiger partial charge in [-0.25, -0.2) is 0 Å². The molecular weight excluding hydrogens is 286 g/mol. The molecule has 0 saturated carbocycles. The van der Waals surface area contributed by atoms with E-state index in [4.69, 9.17) is 18.9 Å². The largest absolute Gasteiger partial charge is 0.486 e. The first kappa shape index (κ1) is 15.1. The number of para-hydroxylation sites is 1. The molecule has 2 aliphatic heterocycles. The first-order valence-corrected chi connectivity index (χ1v) is 7.59. The van der Waals surface area contributed by atoms with Crippen LogP contribution in [0.4, 0.5) is 0 Å². The van der Waals surface area contributed by atoms with Gasteiger partial charge < -0.3 is 24.3 Å². The smallest absolute Gasteiger partial charge is 0.255 e. The van der Waals surface area contributed by atoms with Gasteiger partial charge in [-0.3, -0.25) is 4.79 Å². The number of rotatable bonds is 5. The first-order chi connectivity index (χ1) is 10.8. The van der Waals surface area contributed by atoms with Gasteiger partial charge in [-0.1, -0.05) is 6.07 Å². The van der Waals surface area contributed by atoms with Gasteiger partial charge in [-0.15, -0.1) is 0 Å². The van der Waals surface area contributed by atoms with Crippen LogP contribution in [0.1, 0.15) is 23.2 Å². The molecule has 1 aromatic carbocycles. The van der Waals surface area contributed by atoms with Crippen LogP contribution < -0.4 is 14.8 Å². The summed E-state index contributed by atoms with van der Waals surface area (Å²) in [5, 5.41) is 3.00. The average Bonchev–Trinajstić information content (AvgIpc) is 3.08. The van der Waals surface area contributed by atoms with Crippen molar-refractivity contribution in [3.8, 4) is 11.5 Å². The topological polar surface area (TPSA) is 66.0 Å². The van der Waals surface area contributed by atoms with E-state index in [0.29, 0.717) is 36.9 Å². The van der Waals surface area contributed by atoms with E-state index in [1.807, 2.05) is 0 Å². The van der Waals surface area contributed by atoms with Crippen LogP contribution in [0.3, 0.4) is 0 Å². The van der Waals surface area contributed by atoms with Crippen molar-refractivity contribution in [1.82, 2.24) is 5.32 Å². The molecular formula is C16H21NO5. The number of hydrogen-bond donors (Lipinski definition) is 1. The van der Waals surface area contributed by atoms with Gasteiger partial charge in [0.25, 0.3) is 5.91 Å². The number of carbonyl (C=O) groups excluding carboxylic acids is 1. The van der Waals surface area contributed by atoms with Gasteiger partial charge in [-0.2, -0.15) is 0 Å². The van der Waals surface area contributed by atoms with Crippen LogP contribution in [0.2, 0.25) is 0 Å². The highest BCUT2D eigenvalue weighted by Crippen LogP contribution is 2.33. The molecule has 3 rings (SSSR count). The third kappa shape index (κ3) is 3.18. The third-order valence-corrected chi connectivity index (χ3v) is 3.89. The summed E-state index contributed by atoms with van der Waals surface area (Å²) in [4.78, 5) is 12.6. The lowest BCUT2D eigenvalue weighted by molar-refractivity contribution is 0.0401. The maximum Gasteiger partial charge on any atom is 0.255 e. The van der Waals surface area contributed by atoms with Gasteiger partial charge in [0, 0.05) is 13.7 Å². The summed E-state index contributed by atoms with van der Waals surface area (Å²) in [6.45, 7) is 2.10. The van der Waals surface area contributed by atoms with Crippen molar-refractivity contribution in [1.29, 1.82) is 0 Å². The van der Waals surface area contributed by atoms with Gasteiger partial charge in [0.05, 0.1) is 24.3 Å². The Labute approximate surface area is 129 Å². The zero-order valence-electron chi connectivity index (χ0n) is 12.7. The fourth-order valence-electron chi connectivity index (χ4n) is 2.84. The van der Waals surface area contributed by atoms with Crippen molar-refractivity contribution in [3.05, 3.63) is 23.8 Å². The molecule has 1 saturated heterocycles. The molecule has 1 fully saturated rings. The molecule has 0 spiro atoms. The SMILES string of the molecule is COC[C@@H](NC(=O)c1cccc2c1OCCO2)[C@@H]1CCCO1. The summed E-state index contributed by atoms with van der Waals surface area (Å²) in [5.74, 6) is 0.925. The number of carbonyl (C=O) groups is 1. The van der Waals surface area contributed by atoms with Crippen LogP contribution in [-0.2, 0) is 9.47 Å². The van der Waals surface area contributed by atoms with Crippen LogP contribution in [0, 0.1) is 0 Å². The van der Waals surface area contributed by atoms with E-state index in [0.717, 1.165) is 19.4 Å². The first-order valence-electron chi connectivity index (χ1n) is 7.59. The molecule has 0 aromatic heterocycles. The number of amides is 1. The second-order valence-electron chi connectivity index (χ2n) is 5.42. The van der Waals surface area contributed by atoms with E-state index in [2.05, 4.69) is 5.32 Å². The fraction of sp³-hybridized carbons (Fsp3) is 0.562. The molecule has 0 aliphatic carbocycles. The maximum atomic E-state index is 12.6. The van der Waals surface area contributed by atoms with E-state index in [-0.39, 0.29) is 18.1 Å². The van der Waals surface area contributed by atoms with E-state index < -0.39 is 0 Å². The Kier molecular flexibility index (Phi) is 4.80. The van der Waals surface area contributed by atoms with Crippen LogP contribution in [0.15, 0.2) is 18.2 Å². The highest BCUT2D eigenvalue weighted by atomic mass is 16.6. The predicted octanol–water partition coefficient (Wildman–Crippen LogP) is 1.38. The number of benzene rings is 1. The molecule has 2 heterocycles. The average molecular weight is 307 g/mol. The maximum absolute atomic E-state index is 12.6. The predicted molar refractivity (Wildman–Crippen MR) is 79.5 cm³/mol. The molecule has 2 atom stereocenters. The van der Waals surface area contributed by atoms with Crippen molar-refractivity contribution in [2.24, 2.45) is 0 Å². The Morgan fingerprint density at radius 2 is 2.23 bits per heavy atom. The molecule has 22 heavy (non-hydrogen) atoms. The highest BCUT2D eigenvalue weighted by Gasteiger charge is 2.29. The fourth-order valence-corrected chi connectivity index (χ4v) is 2.84. The lowest BCUT2D eigenvalue weighted by atomic mass is 10.1. The lowest BCUT2D eigenvalue weighted by Gasteiger charge is -2.25. The van der Waals surface area contributed by atoms with Gasteiger partial charge in [0.2, 0.25) is 0 Å². The zero-order valence-corrected chi connectivity index (χ0v) is 12.7. The monoisotopic (exact) mass is 307 g/mol. The van der Waals surface area contributed by atoms with E-state index in [1.165, 1.54) is 0 Å². The number of ether oxygens (including phenoxy) is 4. The Morgan fingerprint density at radius 1 is 1.36 bits per heavy atom. The molecule has 2 aliphatic rings.